The van der Waals surface area contributed by atoms with E-state index in [9.17, 15) is 4.79 Å². The van der Waals surface area contributed by atoms with Crippen molar-refractivity contribution in [2.24, 2.45) is 0 Å². The molecule has 0 saturated carbocycles. The van der Waals surface area contributed by atoms with Crippen molar-refractivity contribution < 1.29 is 9.90 Å². The molecule has 1 fully saturated rings. The fraction of sp³-hybridized carbons (Fsp3) is 0.692. The lowest BCUT2D eigenvalue weighted by molar-refractivity contribution is 0.105. The van der Waals surface area contributed by atoms with E-state index in [1.165, 1.54) is 29.9 Å². The molecule has 1 aromatic rings. The zero-order valence-electron chi connectivity index (χ0n) is 11.2. The second-order valence-electron chi connectivity index (χ2n) is 5.00. The number of nitrogens with one attached hydrogen (secondary N) is 1. The number of carbonyl (C=O) groups is 1. The Morgan fingerprint density at radius 2 is 2.05 bits per heavy atom. The molecule has 1 saturated heterocycles. The van der Waals surface area contributed by atoms with Gasteiger partial charge in [-0.2, -0.15) is 0 Å². The number of carboxylic acid groups (broad SMARTS) is 1. The number of aromatic amines is 1. The van der Waals surface area contributed by atoms with Crippen molar-refractivity contribution >= 4 is 6.09 Å². The number of amides is 1. The number of unbranched alkanes of at least 4 members (excludes halogenated alkanes) is 2. The van der Waals surface area contributed by atoms with E-state index in [-0.39, 0.29) is 0 Å². The van der Waals surface area contributed by atoms with Gasteiger partial charge in [0.2, 0.25) is 0 Å². The van der Waals surface area contributed by atoms with Crippen LogP contribution in [0.25, 0.3) is 0 Å². The lowest BCUT2D eigenvalue weighted by Crippen LogP contribution is -2.48. The van der Waals surface area contributed by atoms with E-state index in [1.807, 2.05) is 6.20 Å². The molecule has 0 spiro atoms. The predicted molar refractivity (Wildman–Crippen MR) is 72.2 cm³/mol. The fourth-order valence-corrected chi connectivity index (χ4v) is 2.41. The van der Waals surface area contributed by atoms with Crippen LogP contribution in [-0.4, -0.2) is 63.7 Å². The summed E-state index contributed by atoms with van der Waals surface area (Å²) in [6.07, 6.45) is 7.44. The van der Waals surface area contributed by atoms with Crippen LogP contribution in [0.3, 0.4) is 0 Å². The topological polar surface area (TPSA) is 72.5 Å². The van der Waals surface area contributed by atoms with Gasteiger partial charge in [0.05, 0.1) is 6.33 Å². The third-order valence-corrected chi connectivity index (χ3v) is 3.62. The van der Waals surface area contributed by atoms with Crippen molar-refractivity contribution in [3.05, 3.63) is 18.2 Å². The molecule has 0 radical (unpaired) electrons. The van der Waals surface area contributed by atoms with Crippen LogP contribution in [0.15, 0.2) is 12.5 Å². The molecule has 2 N–H and O–H groups in total. The van der Waals surface area contributed by atoms with Crippen LogP contribution >= 0.6 is 0 Å². The van der Waals surface area contributed by atoms with Crippen molar-refractivity contribution in [3.63, 3.8) is 0 Å². The minimum atomic E-state index is -0.792. The minimum absolute atomic E-state index is 0.642. The maximum Gasteiger partial charge on any atom is 0.407 e. The normalized spacial score (nSPS) is 16.7. The van der Waals surface area contributed by atoms with Crippen molar-refractivity contribution in [3.8, 4) is 0 Å². The van der Waals surface area contributed by atoms with Crippen LogP contribution < -0.4 is 0 Å². The molecule has 1 amide bonds. The minimum Gasteiger partial charge on any atom is -0.465 e. The third kappa shape index (κ3) is 4.55. The second-order valence-corrected chi connectivity index (χ2v) is 5.00. The summed E-state index contributed by atoms with van der Waals surface area (Å²) in [5.41, 5.74) is 1.20. The van der Waals surface area contributed by atoms with E-state index in [0.717, 1.165) is 26.1 Å². The summed E-state index contributed by atoms with van der Waals surface area (Å²) in [4.78, 5) is 21.7. The Morgan fingerprint density at radius 3 is 2.68 bits per heavy atom. The molecule has 0 aliphatic carbocycles. The highest BCUT2D eigenvalue weighted by Gasteiger charge is 2.19. The molecular formula is C13H22N4O2. The molecular weight excluding hydrogens is 244 g/mol. The number of aromatic nitrogens is 2. The van der Waals surface area contributed by atoms with Gasteiger partial charge in [-0.05, 0) is 25.8 Å². The number of imidazole rings is 1. The van der Waals surface area contributed by atoms with Gasteiger partial charge in [-0.1, -0.05) is 6.42 Å². The highest BCUT2D eigenvalue weighted by atomic mass is 16.4. The molecule has 1 aliphatic rings. The molecule has 2 heterocycles. The number of hydrogen-bond donors (Lipinski definition) is 2. The summed E-state index contributed by atoms with van der Waals surface area (Å²) in [6, 6.07) is 0. The summed E-state index contributed by atoms with van der Waals surface area (Å²) in [5.74, 6) is 0. The average molecular weight is 266 g/mol. The summed E-state index contributed by atoms with van der Waals surface area (Å²) < 4.78 is 0. The van der Waals surface area contributed by atoms with E-state index in [4.69, 9.17) is 5.11 Å². The summed E-state index contributed by atoms with van der Waals surface area (Å²) in [5, 5.41) is 8.86. The third-order valence-electron chi connectivity index (χ3n) is 3.62. The number of H-pyrrole nitrogens is 1. The Balaban J connectivity index is 1.51. The SMILES string of the molecule is O=C(O)N1CCN(CCCCCc2cnc[nH]2)CC1. The Morgan fingerprint density at radius 1 is 1.26 bits per heavy atom. The predicted octanol–water partition coefficient (Wildman–Crippen LogP) is 1.42. The first-order valence-corrected chi connectivity index (χ1v) is 6.93. The van der Waals surface area contributed by atoms with Crippen molar-refractivity contribution in [2.75, 3.05) is 32.7 Å². The van der Waals surface area contributed by atoms with Gasteiger partial charge in [0, 0.05) is 38.1 Å². The quantitative estimate of drug-likeness (QED) is 0.764. The highest BCUT2D eigenvalue weighted by Crippen LogP contribution is 2.07. The first-order chi connectivity index (χ1) is 9.25. The van der Waals surface area contributed by atoms with Crippen LogP contribution in [0, 0.1) is 0 Å². The summed E-state index contributed by atoms with van der Waals surface area (Å²) in [7, 11) is 0. The largest absolute Gasteiger partial charge is 0.465 e. The molecule has 0 unspecified atom stereocenters. The van der Waals surface area contributed by atoms with Gasteiger partial charge in [0.15, 0.2) is 0 Å². The zero-order valence-corrected chi connectivity index (χ0v) is 11.2. The fourth-order valence-electron chi connectivity index (χ4n) is 2.41. The number of piperazine rings is 1. The highest BCUT2D eigenvalue weighted by molar-refractivity contribution is 5.65. The van der Waals surface area contributed by atoms with E-state index in [0.29, 0.717) is 13.1 Å². The molecule has 106 valence electrons. The van der Waals surface area contributed by atoms with E-state index in [2.05, 4.69) is 14.9 Å². The number of rotatable bonds is 6. The molecule has 6 heteroatoms. The number of aryl methyl sites for hydroxylation is 1. The molecule has 0 aromatic carbocycles. The van der Waals surface area contributed by atoms with E-state index >= 15 is 0 Å². The average Bonchev–Trinajstić information content (AvgIpc) is 2.92. The van der Waals surface area contributed by atoms with Crippen LogP contribution in [0.4, 0.5) is 4.79 Å². The second kappa shape index (κ2) is 7.13. The Hall–Kier alpha value is -1.56. The van der Waals surface area contributed by atoms with E-state index < -0.39 is 6.09 Å². The molecule has 1 aromatic heterocycles. The van der Waals surface area contributed by atoms with Crippen LogP contribution in [0.2, 0.25) is 0 Å². The first kappa shape index (κ1) is 13.9. The monoisotopic (exact) mass is 266 g/mol. The molecule has 2 rings (SSSR count). The zero-order chi connectivity index (χ0) is 13.5. The number of hydrogen-bond acceptors (Lipinski definition) is 3. The van der Waals surface area contributed by atoms with Gasteiger partial charge in [0.25, 0.3) is 0 Å². The summed E-state index contributed by atoms with van der Waals surface area (Å²) in [6.45, 7) is 4.10. The maximum atomic E-state index is 10.8. The van der Waals surface area contributed by atoms with Gasteiger partial charge in [0.1, 0.15) is 0 Å². The lowest BCUT2D eigenvalue weighted by Gasteiger charge is -2.33. The molecule has 1 aliphatic heterocycles. The van der Waals surface area contributed by atoms with Gasteiger partial charge < -0.3 is 15.0 Å². The first-order valence-electron chi connectivity index (χ1n) is 6.93. The Labute approximate surface area is 113 Å². The lowest BCUT2D eigenvalue weighted by atomic mass is 10.1. The Bertz CT molecular complexity index is 372. The van der Waals surface area contributed by atoms with Gasteiger partial charge in [-0.25, -0.2) is 9.78 Å². The van der Waals surface area contributed by atoms with Crippen LogP contribution in [0.5, 0.6) is 0 Å². The van der Waals surface area contributed by atoms with Crippen LogP contribution in [0.1, 0.15) is 25.0 Å². The molecule has 0 bridgehead atoms. The van der Waals surface area contributed by atoms with Gasteiger partial charge >= 0.3 is 6.09 Å². The summed E-state index contributed by atoms with van der Waals surface area (Å²) >= 11 is 0. The maximum absolute atomic E-state index is 10.8. The number of nitrogens with zero attached hydrogens (tertiary/aromatic N) is 3. The van der Waals surface area contributed by atoms with Gasteiger partial charge in [-0.3, -0.25) is 4.90 Å². The van der Waals surface area contributed by atoms with E-state index in [1.54, 1.807) is 6.33 Å². The smallest absolute Gasteiger partial charge is 0.407 e. The van der Waals surface area contributed by atoms with Crippen molar-refractivity contribution in [1.29, 1.82) is 0 Å². The Kier molecular flexibility index (Phi) is 5.20. The molecule has 6 nitrogen and oxygen atoms in total. The molecule has 19 heavy (non-hydrogen) atoms. The molecule has 0 atom stereocenters. The van der Waals surface area contributed by atoms with Crippen molar-refractivity contribution in [1.82, 2.24) is 19.8 Å². The standard InChI is InChI=1S/C13H22N4O2/c18-13(19)17-8-6-16(7-9-17)5-3-1-2-4-12-10-14-11-15-12/h10-11H,1-9H2,(H,14,15)(H,18,19). The van der Waals surface area contributed by atoms with Gasteiger partial charge in [-0.15, -0.1) is 0 Å². The van der Waals surface area contributed by atoms with Crippen molar-refractivity contribution in [2.45, 2.75) is 25.7 Å². The van der Waals surface area contributed by atoms with Crippen LogP contribution in [-0.2, 0) is 6.42 Å².